The number of aliphatic hydroxyl groups is 1. The second-order valence-electron chi connectivity index (χ2n) is 23.8. The normalized spacial score (nSPS) is 15.2. The van der Waals surface area contributed by atoms with E-state index in [2.05, 4.69) is 72.8 Å². The van der Waals surface area contributed by atoms with Gasteiger partial charge in [0.05, 0.1) is 26.4 Å². The lowest BCUT2D eigenvalue weighted by atomic mass is 10.00. The van der Waals surface area contributed by atoms with Gasteiger partial charge in [0.2, 0.25) is 0 Å². The zero-order chi connectivity index (χ0) is 62.4. The van der Waals surface area contributed by atoms with Gasteiger partial charge in [0, 0.05) is 25.7 Å². The van der Waals surface area contributed by atoms with Crippen LogP contribution in [-0.2, 0) is 65.4 Å². The fourth-order valence-electron chi connectivity index (χ4n) is 9.05. The molecule has 7 atom stereocenters. The molecule has 0 bridgehead atoms. The molecule has 0 aliphatic heterocycles. The number of unbranched alkanes of at least 4 members (excludes halogenated alkanes) is 24. The highest BCUT2D eigenvalue weighted by molar-refractivity contribution is 7.47. The van der Waals surface area contributed by atoms with Crippen LogP contribution in [0, 0.1) is 17.8 Å². The first-order valence-corrected chi connectivity index (χ1v) is 36.2. The molecular weight excluding hydrogens is 1110 g/mol. The Morgan fingerprint density at radius 1 is 0.393 bits per heavy atom. The van der Waals surface area contributed by atoms with Gasteiger partial charge in [0.25, 0.3) is 0 Å². The van der Waals surface area contributed by atoms with Crippen LogP contribution >= 0.6 is 15.6 Å². The van der Waals surface area contributed by atoms with Crippen molar-refractivity contribution in [3.05, 3.63) is 24.3 Å². The molecule has 19 heteroatoms. The first-order valence-electron chi connectivity index (χ1n) is 33.2. The highest BCUT2D eigenvalue weighted by Gasteiger charge is 2.30. The van der Waals surface area contributed by atoms with E-state index in [1.807, 2.05) is 0 Å². The minimum Gasteiger partial charge on any atom is -0.462 e. The van der Waals surface area contributed by atoms with Crippen molar-refractivity contribution in [2.75, 3.05) is 39.6 Å². The molecular formula is C65H122O17P2. The minimum atomic E-state index is -4.95. The Hall–Kier alpha value is -2.46. The highest BCUT2D eigenvalue weighted by atomic mass is 31.2. The molecule has 0 saturated carbocycles. The Bertz CT molecular complexity index is 1760. The Morgan fingerprint density at radius 3 is 1.06 bits per heavy atom. The number of carbonyl (C=O) groups is 4. The van der Waals surface area contributed by atoms with Gasteiger partial charge in [-0.2, -0.15) is 0 Å². The number of ether oxygens (including phenoxy) is 4. The molecule has 0 aromatic heterocycles. The Morgan fingerprint density at radius 2 is 0.702 bits per heavy atom. The second-order valence-corrected chi connectivity index (χ2v) is 26.7. The standard InChI is InChI=1S/C65H122O17P2/c1-8-11-12-13-14-15-16-17-18-19-20-21-22-34-41-48-64(69)81-60(52-75-62(67)46-39-32-26-23-29-36-43-56(4)5)54-79-83(71,72)77-50-59(66)51-78-84(73,74)80-55-61(82-65(70)49-42-35-28-25-31-38-45-58(7)10-3)53-76-63(68)47-40-33-27-24-30-37-44-57(6)9-2/h15-18,56-61,66H,8-14,19-55H2,1-7H3,(H,71,72)(H,73,74)/b16-15-,18-17-/t57?,58?,59-,60-,61-/m1/s1. The van der Waals surface area contributed by atoms with Crippen molar-refractivity contribution in [3.8, 4) is 0 Å². The van der Waals surface area contributed by atoms with E-state index in [0.717, 1.165) is 127 Å². The number of hydrogen-bond donors (Lipinski definition) is 3. The van der Waals surface area contributed by atoms with E-state index in [1.165, 1.54) is 77.0 Å². The Balaban J connectivity index is 5.28. The number of esters is 4. The van der Waals surface area contributed by atoms with Gasteiger partial charge in [-0.25, -0.2) is 9.13 Å². The summed E-state index contributed by atoms with van der Waals surface area (Å²) >= 11 is 0. The summed E-state index contributed by atoms with van der Waals surface area (Å²) in [4.78, 5) is 72.2. The van der Waals surface area contributed by atoms with E-state index in [0.29, 0.717) is 31.6 Å². The number of allylic oxidation sites excluding steroid dienone is 4. The second kappa shape index (κ2) is 55.8. The lowest BCUT2D eigenvalue weighted by Crippen LogP contribution is -2.30. The minimum absolute atomic E-state index is 0.0831. The summed E-state index contributed by atoms with van der Waals surface area (Å²) in [5.41, 5.74) is 0. The third-order valence-corrected chi connectivity index (χ3v) is 16.9. The average Bonchev–Trinajstić information content (AvgIpc) is 3.48. The van der Waals surface area contributed by atoms with Crippen molar-refractivity contribution in [2.45, 2.75) is 311 Å². The largest absolute Gasteiger partial charge is 0.472 e. The van der Waals surface area contributed by atoms with Crippen LogP contribution in [0.15, 0.2) is 24.3 Å². The predicted octanol–water partition coefficient (Wildman–Crippen LogP) is 17.4. The summed E-state index contributed by atoms with van der Waals surface area (Å²) in [6.07, 6.45) is 40.0. The monoisotopic (exact) mass is 1240 g/mol. The molecule has 0 fully saturated rings. The number of carbonyl (C=O) groups excluding carboxylic acids is 4. The molecule has 0 aliphatic rings. The molecule has 0 aliphatic carbocycles. The number of rotatable bonds is 61. The summed E-state index contributed by atoms with van der Waals surface area (Å²) in [6.45, 7) is 11.6. The lowest BCUT2D eigenvalue weighted by Gasteiger charge is -2.21. The van der Waals surface area contributed by atoms with Crippen molar-refractivity contribution in [2.24, 2.45) is 17.8 Å². The molecule has 0 heterocycles. The number of phosphoric acid groups is 2. The van der Waals surface area contributed by atoms with E-state index >= 15 is 0 Å². The molecule has 84 heavy (non-hydrogen) atoms. The van der Waals surface area contributed by atoms with Crippen molar-refractivity contribution >= 4 is 39.5 Å². The van der Waals surface area contributed by atoms with Gasteiger partial charge in [-0.1, -0.05) is 240 Å². The smallest absolute Gasteiger partial charge is 0.462 e. The van der Waals surface area contributed by atoms with Gasteiger partial charge in [0.1, 0.15) is 19.3 Å². The average molecular weight is 1240 g/mol. The molecule has 0 aromatic carbocycles. The molecule has 0 radical (unpaired) electrons. The molecule has 0 saturated heterocycles. The van der Waals surface area contributed by atoms with Crippen molar-refractivity contribution in [3.63, 3.8) is 0 Å². The van der Waals surface area contributed by atoms with Crippen molar-refractivity contribution in [1.82, 2.24) is 0 Å². The Kier molecular flexibility index (Phi) is 54.2. The summed E-state index contributed by atoms with van der Waals surface area (Å²) < 4.78 is 67.9. The topological polar surface area (TPSA) is 237 Å². The summed E-state index contributed by atoms with van der Waals surface area (Å²) in [6, 6.07) is 0. The van der Waals surface area contributed by atoms with Crippen LogP contribution in [0.25, 0.3) is 0 Å². The number of aliphatic hydroxyl groups excluding tert-OH is 1. The first-order chi connectivity index (χ1) is 40.3. The van der Waals surface area contributed by atoms with E-state index in [9.17, 15) is 43.2 Å². The zero-order valence-corrected chi connectivity index (χ0v) is 55.6. The third kappa shape index (κ3) is 56.1. The van der Waals surface area contributed by atoms with Crippen LogP contribution in [0.3, 0.4) is 0 Å². The third-order valence-electron chi connectivity index (χ3n) is 15.0. The summed E-state index contributed by atoms with van der Waals surface area (Å²) in [7, 11) is -9.90. The van der Waals surface area contributed by atoms with Gasteiger partial charge < -0.3 is 33.8 Å². The fourth-order valence-corrected chi connectivity index (χ4v) is 10.6. The maximum absolute atomic E-state index is 13.0. The van der Waals surface area contributed by atoms with Crippen molar-refractivity contribution < 1.29 is 80.2 Å². The van der Waals surface area contributed by atoms with Crippen LogP contribution in [0.4, 0.5) is 0 Å². The van der Waals surface area contributed by atoms with Gasteiger partial charge in [-0.05, 0) is 69.1 Å². The quantitative estimate of drug-likeness (QED) is 0.0169. The SMILES string of the molecule is CCCCCC/C=C\C=C/CCCCCCCC(=O)O[C@H](COC(=O)CCCCCCCCC(C)C)COP(=O)(O)OC[C@@H](O)COP(=O)(O)OC[C@@H](COC(=O)CCCCCCCCC(C)CC)OC(=O)CCCCCCCCC(C)CC. The molecule has 0 amide bonds. The van der Waals surface area contributed by atoms with Gasteiger partial charge in [0.15, 0.2) is 12.2 Å². The maximum Gasteiger partial charge on any atom is 0.472 e. The first kappa shape index (κ1) is 81.5. The van der Waals surface area contributed by atoms with E-state index in [4.69, 9.17) is 37.0 Å². The molecule has 0 spiro atoms. The van der Waals surface area contributed by atoms with Crippen LogP contribution < -0.4 is 0 Å². The van der Waals surface area contributed by atoms with E-state index in [1.54, 1.807) is 0 Å². The molecule has 0 aromatic rings. The summed E-state index contributed by atoms with van der Waals surface area (Å²) in [5.74, 6) is -0.0475. The summed E-state index contributed by atoms with van der Waals surface area (Å²) in [5, 5.41) is 10.5. The predicted molar refractivity (Wildman–Crippen MR) is 335 cm³/mol. The molecule has 494 valence electrons. The zero-order valence-electron chi connectivity index (χ0n) is 53.8. The van der Waals surface area contributed by atoms with Crippen LogP contribution in [-0.4, -0.2) is 96.7 Å². The van der Waals surface area contributed by atoms with Crippen LogP contribution in [0.5, 0.6) is 0 Å². The molecule has 0 rings (SSSR count). The number of phosphoric ester groups is 2. The van der Waals surface area contributed by atoms with Crippen molar-refractivity contribution in [1.29, 1.82) is 0 Å². The van der Waals surface area contributed by atoms with Gasteiger partial charge in [-0.3, -0.25) is 37.3 Å². The molecule has 4 unspecified atom stereocenters. The fraction of sp³-hybridized carbons (Fsp3) is 0.877. The van der Waals surface area contributed by atoms with Gasteiger partial charge >= 0.3 is 39.5 Å². The molecule has 17 nitrogen and oxygen atoms in total. The highest BCUT2D eigenvalue weighted by Crippen LogP contribution is 2.45. The van der Waals surface area contributed by atoms with Crippen LogP contribution in [0.2, 0.25) is 0 Å². The number of hydrogen-bond acceptors (Lipinski definition) is 15. The lowest BCUT2D eigenvalue weighted by molar-refractivity contribution is -0.161. The Labute approximate surface area is 510 Å². The van der Waals surface area contributed by atoms with Gasteiger partial charge in [-0.15, -0.1) is 0 Å². The van der Waals surface area contributed by atoms with E-state index < -0.39 is 97.5 Å². The van der Waals surface area contributed by atoms with Crippen LogP contribution in [0.1, 0.15) is 292 Å². The maximum atomic E-state index is 13.0. The molecule has 3 N–H and O–H groups in total. The van der Waals surface area contributed by atoms with E-state index in [-0.39, 0.29) is 25.7 Å².